The Morgan fingerprint density at radius 3 is 2.54 bits per heavy atom. The third kappa shape index (κ3) is 4.80. The van der Waals surface area contributed by atoms with Crippen LogP contribution in [0.1, 0.15) is 33.2 Å². The first-order valence-corrected chi connectivity index (χ1v) is 9.05. The van der Waals surface area contributed by atoms with Crippen molar-refractivity contribution >= 4 is 23.2 Å². The molecule has 0 saturated carbocycles. The second-order valence-electron chi connectivity index (χ2n) is 5.67. The van der Waals surface area contributed by atoms with Gasteiger partial charge in [-0.3, -0.25) is 14.7 Å². The zero-order chi connectivity index (χ0) is 20.1. The Labute approximate surface area is 160 Å². The topological polar surface area (TPSA) is 100 Å². The van der Waals surface area contributed by atoms with Crippen LogP contribution >= 0.6 is 11.3 Å². The lowest BCUT2D eigenvalue weighted by Crippen LogP contribution is -2.29. The summed E-state index contributed by atoms with van der Waals surface area (Å²) in [5.41, 5.74) is 0.979. The molecular formula is C17H15F3N4O3S. The van der Waals surface area contributed by atoms with Gasteiger partial charge in [0.2, 0.25) is 5.76 Å². The Morgan fingerprint density at radius 2 is 1.89 bits per heavy atom. The highest BCUT2D eigenvalue weighted by molar-refractivity contribution is 7.13. The van der Waals surface area contributed by atoms with E-state index in [1.807, 2.05) is 17.5 Å². The Hall–Kier alpha value is -3.08. The van der Waals surface area contributed by atoms with Gasteiger partial charge in [-0.05, 0) is 36.1 Å². The van der Waals surface area contributed by atoms with Crippen molar-refractivity contribution in [2.24, 2.45) is 0 Å². The number of aromatic amines is 1. The summed E-state index contributed by atoms with van der Waals surface area (Å²) >= 11 is 1.52. The molecule has 2 amide bonds. The van der Waals surface area contributed by atoms with E-state index in [0.29, 0.717) is 12.5 Å². The highest BCUT2D eigenvalue weighted by atomic mass is 32.1. The van der Waals surface area contributed by atoms with Gasteiger partial charge in [-0.25, -0.2) is 0 Å². The van der Waals surface area contributed by atoms with Crippen molar-refractivity contribution in [1.29, 1.82) is 0 Å². The maximum absolute atomic E-state index is 12.4. The molecular weight excluding hydrogens is 397 g/mol. The summed E-state index contributed by atoms with van der Waals surface area (Å²) in [5, 5.41) is 13.7. The fraction of sp³-hybridized carbons (Fsp3) is 0.235. The second kappa shape index (κ2) is 8.30. The molecule has 7 nitrogen and oxygen atoms in total. The number of carbonyl (C=O) groups excluding carboxylic acids is 2. The second-order valence-corrected chi connectivity index (χ2v) is 6.62. The van der Waals surface area contributed by atoms with Gasteiger partial charge in [0, 0.05) is 13.1 Å². The molecule has 0 unspecified atom stereocenters. The molecule has 0 aliphatic rings. The average Bonchev–Trinajstić information content (AvgIpc) is 3.41. The molecule has 0 fully saturated rings. The van der Waals surface area contributed by atoms with Gasteiger partial charge in [-0.1, -0.05) is 6.07 Å². The lowest BCUT2D eigenvalue weighted by molar-refractivity contribution is -0.153. The number of aromatic nitrogens is 2. The van der Waals surface area contributed by atoms with Gasteiger partial charge in [0.1, 0.15) is 0 Å². The number of hydrogen-bond acceptors (Lipinski definition) is 5. The smallest absolute Gasteiger partial charge is 0.446 e. The van der Waals surface area contributed by atoms with Crippen molar-refractivity contribution in [3.8, 4) is 10.6 Å². The fourth-order valence-corrected chi connectivity index (χ4v) is 2.97. The van der Waals surface area contributed by atoms with E-state index in [2.05, 4.69) is 25.2 Å². The number of thiophene rings is 1. The van der Waals surface area contributed by atoms with Crippen LogP contribution in [0, 0.1) is 0 Å². The minimum atomic E-state index is -4.64. The normalized spacial score (nSPS) is 11.4. The van der Waals surface area contributed by atoms with E-state index in [1.54, 1.807) is 6.07 Å². The lowest BCUT2D eigenvalue weighted by Gasteiger charge is -2.05. The molecule has 148 valence electrons. The zero-order valence-corrected chi connectivity index (χ0v) is 15.1. The SMILES string of the molecule is O=C(NCCCNC(=O)c1ccc(C(F)(F)F)o1)c1cc(-c2cccs2)[nH]n1. The Balaban J connectivity index is 1.39. The van der Waals surface area contributed by atoms with Crippen LogP contribution in [0.3, 0.4) is 0 Å². The summed E-state index contributed by atoms with van der Waals surface area (Å²) in [6.45, 7) is 0.411. The molecule has 0 saturated heterocycles. The van der Waals surface area contributed by atoms with E-state index in [1.165, 1.54) is 11.3 Å². The van der Waals surface area contributed by atoms with Crippen LogP contribution in [0.4, 0.5) is 13.2 Å². The number of amides is 2. The molecule has 3 aromatic rings. The highest BCUT2D eigenvalue weighted by Gasteiger charge is 2.35. The predicted molar refractivity (Wildman–Crippen MR) is 94.9 cm³/mol. The summed E-state index contributed by atoms with van der Waals surface area (Å²) < 4.78 is 41.8. The minimum absolute atomic E-state index is 0.155. The first kappa shape index (κ1) is 19.7. The van der Waals surface area contributed by atoms with Crippen molar-refractivity contribution < 1.29 is 27.2 Å². The third-order valence-electron chi connectivity index (χ3n) is 3.63. The largest absolute Gasteiger partial charge is 0.449 e. The van der Waals surface area contributed by atoms with Gasteiger partial charge in [-0.2, -0.15) is 18.3 Å². The third-order valence-corrected chi connectivity index (χ3v) is 4.53. The molecule has 28 heavy (non-hydrogen) atoms. The van der Waals surface area contributed by atoms with E-state index < -0.39 is 23.6 Å². The Bertz CT molecular complexity index is 947. The molecule has 0 bridgehead atoms. The number of nitrogens with one attached hydrogen (secondary N) is 3. The molecule has 0 radical (unpaired) electrons. The predicted octanol–water partition coefficient (Wildman–Crippen LogP) is 3.30. The van der Waals surface area contributed by atoms with Crippen molar-refractivity contribution in [1.82, 2.24) is 20.8 Å². The maximum atomic E-state index is 12.4. The summed E-state index contributed by atoms with van der Waals surface area (Å²) in [4.78, 5) is 24.7. The molecule has 0 aliphatic heterocycles. The summed E-state index contributed by atoms with van der Waals surface area (Å²) in [7, 11) is 0. The van der Waals surface area contributed by atoms with Gasteiger partial charge < -0.3 is 15.1 Å². The van der Waals surface area contributed by atoms with E-state index in [9.17, 15) is 22.8 Å². The fourth-order valence-electron chi connectivity index (χ4n) is 2.28. The molecule has 0 aliphatic carbocycles. The maximum Gasteiger partial charge on any atom is 0.449 e. The van der Waals surface area contributed by atoms with Gasteiger partial charge in [0.15, 0.2) is 11.5 Å². The molecule has 3 heterocycles. The first-order valence-electron chi connectivity index (χ1n) is 8.17. The minimum Gasteiger partial charge on any atom is -0.446 e. The van der Waals surface area contributed by atoms with Crippen molar-refractivity contribution in [3.05, 3.63) is 52.9 Å². The quantitative estimate of drug-likeness (QED) is 0.519. The van der Waals surface area contributed by atoms with Crippen LogP contribution < -0.4 is 10.6 Å². The zero-order valence-electron chi connectivity index (χ0n) is 14.3. The van der Waals surface area contributed by atoms with Crippen molar-refractivity contribution in [2.45, 2.75) is 12.6 Å². The van der Waals surface area contributed by atoms with Crippen LogP contribution in [-0.4, -0.2) is 35.1 Å². The molecule has 11 heteroatoms. The van der Waals surface area contributed by atoms with E-state index >= 15 is 0 Å². The van der Waals surface area contributed by atoms with Crippen molar-refractivity contribution in [3.63, 3.8) is 0 Å². The molecule has 0 atom stereocenters. The number of hydrogen-bond donors (Lipinski definition) is 3. The van der Waals surface area contributed by atoms with Crippen LogP contribution in [0.15, 0.2) is 40.1 Å². The van der Waals surface area contributed by atoms with E-state index in [0.717, 1.165) is 16.6 Å². The Kier molecular flexibility index (Phi) is 5.83. The monoisotopic (exact) mass is 412 g/mol. The molecule has 0 aromatic carbocycles. The van der Waals surface area contributed by atoms with Crippen LogP contribution in [0.25, 0.3) is 10.6 Å². The molecule has 0 spiro atoms. The van der Waals surface area contributed by atoms with Crippen LogP contribution in [0.5, 0.6) is 0 Å². The first-order chi connectivity index (χ1) is 13.3. The molecule has 3 rings (SSSR count). The number of carbonyl (C=O) groups is 2. The number of rotatable bonds is 7. The number of alkyl halides is 3. The van der Waals surface area contributed by atoms with Gasteiger partial charge in [-0.15, -0.1) is 11.3 Å². The number of halogens is 3. The van der Waals surface area contributed by atoms with Crippen molar-refractivity contribution in [2.75, 3.05) is 13.1 Å². The molecule has 3 N–H and O–H groups in total. The van der Waals surface area contributed by atoms with Gasteiger partial charge >= 0.3 is 6.18 Å². The highest BCUT2D eigenvalue weighted by Crippen LogP contribution is 2.30. The number of H-pyrrole nitrogens is 1. The number of furan rings is 1. The average molecular weight is 412 g/mol. The van der Waals surface area contributed by atoms with Gasteiger partial charge in [0.25, 0.3) is 11.8 Å². The molecule has 3 aromatic heterocycles. The Morgan fingerprint density at radius 1 is 1.14 bits per heavy atom. The summed E-state index contributed by atoms with van der Waals surface area (Å²) in [5.74, 6) is -2.78. The standard InChI is InChI=1S/C17H15F3N4O3S/c18-17(19,20)14-5-4-12(27-14)16(26)22-7-2-6-21-15(25)11-9-10(23-24-11)13-3-1-8-28-13/h1,3-5,8-9H,2,6-7H2,(H,21,25)(H,22,26)(H,23,24). The van der Waals surface area contributed by atoms with Crippen LogP contribution in [0.2, 0.25) is 0 Å². The van der Waals surface area contributed by atoms with E-state index in [4.69, 9.17) is 0 Å². The summed E-state index contributed by atoms with van der Waals surface area (Å²) in [6.07, 6.45) is -4.26. The number of nitrogens with zero attached hydrogens (tertiary/aromatic N) is 1. The van der Waals surface area contributed by atoms with Crippen LogP contribution in [-0.2, 0) is 6.18 Å². The van der Waals surface area contributed by atoms with Gasteiger partial charge in [0.05, 0.1) is 10.6 Å². The summed E-state index contributed by atoms with van der Waals surface area (Å²) in [6, 6.07) is 7.09. The lowest BCUT2D eigenvalue weighted by atomic mass is 10.3. The van der Waals surface area contributed by atoms with E-state index in [-0.39, 0.29) is 24.7 Å².